The van der Waals surface area contributed by atoms with E-state index in [4.69, 9.17) is 5.11 Å². The van der Waals surface area contributed by atoms with E-state index in [-0.39, 0.29) is 28.7 Å². The number of aromatic carboxylic acids is 1. The third-order valence-corrected chi connectivity index (χ3v) is 3.24. The number of anilines is 1. The third-order valence-electron chi connectivity index (χ3n) is 2.63. The first-order valence-electron chi connectivity index (χ1n) is 5.11. The third kappa shape index (κ3) is 2.23. The van der Waals surface area contributed by atoms with E-state index >= 15 is 0 Å². The van der Waals surface area contributed by atoms with Gasteiger partial charge in [0.2, 0.25) is 5.91 Å². The number of carboxylic acids is 1. The molecule has 0 aromatic heterocycles. The minimum Gasteiger partial charge on any atom is -0.478 e. The van der Waals surface area contributed by atoms with Gasteiger partial charge < -0.3 is 15.1 Å². The summed E-state index contributed by atoms with van der Waals surface area (Å²) >= 11 is 3.04. The van der Waals surface area contributed by atoms with E-state index in [1.807, 2.05) is 0 Å². The Hall–Kier alpha value is -1.47. The second kappa shape index (κ2) is 4.66. The molecule has 1 aromatic rings. The molecule has 5 nitrogen and oxygen atoms in total. The van der Waals surface area contributed by atoms with E-state index in [1.54, 1.807) is 0 Å². The van der Waals surface area contributed by atoms with Crippen LogP contribution in [0.25, 0.3) is 0 Å². The molecule has 0 aliphatic carbocycles. The first kappa shape index (κ1) is 13.0. The van der Waals surface area contributed by atoms with Gasteiger partial charge in [0.05, 0.1) is 30.3 Å². The number of β-amino-alcohol motifs (C(OH)–C–C–N with tert-alkyl or cyclic N) is 1. The lowest BCUT2D eigenvalue weighted by Gasteiger charge is -2.20. The second-order valence-electron chi connectivity index (χ2n) is 3.95. The van der Waals surface area contributed by atoms with Crippen molar-refractivity contribution in [3.8, 4) is 0 Å². The van der Waals surface area contributed by atoms with Crippen LogP contribution in [0.3, 0.4) is 0 Å². The molecule has 0 saturated carbocycles. The highest BCUT2D eigenvalue weighted by molar-refractivity contribution is 9.10. The van der Waals surface area contributed by atoms with Crippen molar-refractivity contribution in [1.29, 1.82) is 0 Å². The van der Waals surface area contributed by atoms with Crippen molar-refractivity contribution in [2.75, 3.05) is 11.4 Å². The molecular weight excluding hydrogens is 309 g/mol. The van der Waals surface area contributed by atoms with Crippen molar-refractivity contribution in [2.45, 2.75) is 12.5 Å². The van der Waals surface area contributed by atoms with Crippen LogP contribution in [0, 0.1) is 5.82 Å². The van der Waals surface area contributed by atoms with E-state index in [0.29, 0.717) is 0 Å². The van der Waals surface area contributed by atoms with Crippen molar-refractivity contribution in [3.05, 3.63) is 28.0 Å². The van der Waals surface area contributed by atoms with Gasteiger partial charge in [-0.1, -0.05) is 0 Å². The van der Waals surface area contributed by atoms with Gasteiger partial charge in [-0.2, -0.15) is 0 Å². The number of carbonyl (C=O) groups is 2. The van der Waals surface area contributed by atoms with Crippen molar-refractivity contribution < 1.29 is 24.2 Å². The smallest absolute Gasteiger partial charge is 0.337 e. The van der Waals surface area contributed by atoms with Crippen LogP contribution in [-0.2, 0) is 4.79 Å². The Morgan fingerprint density at radius 2 is 2.17 bits per heavy atom. The van der Waals surface area contributed by atoms with Gasteiger partial charge in [-0.05, 0) is 28.1 Å². The number of hydrogen-bond donors (Lipinski definition) is 2. The van der Waals surface area contributed by atoms with Crippen molar-refractivity contribution >= 4 is 33.5 Å². The summed E-state index contributed by atoms with van der Waals surface area (Å²) < 4.78 is 13.4. The van der Waals surface area contributed by atoms with Gasteiger partial charge in [0, 0.05) is 4.47 Å². The SMILES string of the molecule is O=C(O)c1cc(F)cc(Br)c1N1CC(O)CC1=O. The summed E-state index contributed by atoms with van der Waals surface area (Å²) in [5, 5.41) is 18.4. The fourth-order valence-electron chi connectivity index (χ4n) is 1.91. The van der Waals surface area contributed by atoms with Crippen LogP contribution in [-0.4, -0.2) is 34.7 Å². The molecule has 1 amide bonds. The molecule has 2 N–H and O–H groups in total. The molecule has 2 rings (SSSR count). The largest absolute Gasteiger partial charge is 0.478 e. The monoisotopic (exact) mass is 317 g/mol. The van der Waals surface area contributed by atoms with Crippen LogP contribution in [0.5, 0.6) is 0 Å². The van der Waals surface area contributed by atoms with E-state index < -0.39 is 23.8 Å². The predicted molar refractivity (Wildman–Crippen MR) is 64.0 cm³/mol. The number of amides is 1. The standard InChI is InChI=1S/C11H9BrFNO4/c12-8-2-5(13)1-7(11(17)18)10(8)14-4-6(15)3-9(14)16/h1-2,6,15H,3-4H2,(H,17,18). The lowest BCUT2D eigenvalue weighted by molar-refractivity contribution is -0.117. The molecule has 0 radical (unpaired) electrons. The summed E-state index contributed by atoms with van der Waals surface area (Å²) in [4.78, 5) is 23.9. The van der Waals surface area contributed by atoms with Gasteiger partial charge in [-0.25, -0.2) is 9.18 Å². The molecule has 1 aromatic carbocycles. The van der Waals surface area contributed by atoms with Gasteiger partial charge in [0.25, 0.3) is 0 Å². The molecule has 18 heavy (non-hydrogen) atoms. The molecule has 96 valence electrons. The summed E-state index contributed by atoms with van der Waals surface area (Å²) in [7, 11) is 0. The summed E-state index contributed by atoms with van der Waals surface area (Å²) in [6, 6.07) is 1.93. The zero-order chi connectivity index (χ0) is 13.4. The van der Waals surface area contributed by atoms with Crippen LogP contribution >= 0.6 is 15.9 Å². The minimum absolute atomic E-state index is 0.00332. The zero-order valence-electron chi connectivity index (χ0n) is 9.06. The van der Waals surface area contributed by atoms with Gasteiger partial charge in [-0.3, -0.25) is 4.79 Å². The Kier molecular flexibility index (Phi) is 3.36. The Bertz CT molecular complexity index is 534. The molecule has 0 bridgehead atoms. The maximum atomic E-state index is 13.2. The Balaban J connectivity index is 2.56. The maximum Gasteiger partial charge on any atom is 0.337 e. The van der Waals surface area contributed by atoms with E-state index in [0.717, 1.165) is 17.0 Å². The minimum atomic E-state index is -1.33. The van der Waals surface area contributed by atoms with Crippen LogP contribution in [0.2, 0.25) is 0 Å². The molecule has 1 heterocycles. The second-order valence-corrected chi connectivity index (χ2v) is 4.81. The Morgan fingerprint density at radius 1 is 1.50 bits per heavy atom. The van der Waals surface area contributed by atoms with Crippen LogP contribution in [0.4, 0.5) is 10.1 Å². The fourth-order valence-corrected chi connectivity index (χ4v) is 2.55. The van der Waals surface area contributed by atoms with Gasteiger partial charge >= 0.3 is 5.97 Å². The molecule has 1 atom stereocenters. The number of hydrogen-bond acceptors (Lipinski definition) is 3. The van der Waals surface area contributed by atoms with Crippen molar-refractivity contribution in [1.82, 2.24) is 0 Å². The highest BCUT2D eigenvalue weighted by atomic mass is 79.9. The molecule has 7 heteroatoms. The lowest BCUT2D eigenvalue weighted by Crippen LogP contribution is -2.27. The first-order valence-corrected chi connectivity index (χ1v) is 5.90. The molecule has 1 aliphatic rings. The zero-order valence-corrected chi connectivity index (χ0v) is 10.6. The number of rotatable bonds is 2. The van der Waals surface area contributed by atoms with E-state index in [1.165, 1.54) is 0 Å². The topological polar surface area (TPSA) is 77.8 Å². The molecule has 1 fully saturated rings. The number of carboxylic acid groups (broad SMARTS) is 1. The molecule has 1 aliphatic heterocycles. The number of aliphatic hydroxyl groups is 1. The summed E-state index contributed by atoms with van der Waals surface area (Å²) in [6.07, 6.45) is -0.904. The summed E-state index contributed by atoms with van der Waals surface area (Å²) in [5.74, 6) is -2.44. The van der Waals surface area contributed by atoms with Gasteiger partial charge in [0.15, 0.2) is 0 Å². The average molecular weight is 318 g/mol. The molecular formula is C11H9BrFNO4. The van der Waals surface area contributed by atoms with E-state index in [2.05, 4.69) is 15.9 Å². The fraction of sp³-hybridized carbons (Fsp3) is 0.273. The highest BCUT2D eigenvalue weighted by Crippen LogP contribution is 2.34. The van der Waals surface area contributed by atoms with Gasteiger partial charge in [-0.15, -0.1) is 0 Å². The Morgan fingerprint density at radius 3 is 2.67 bits per heavy atom. The number of carbonyl (C=O) groups excluding carboxylic acids is 1. The molecule has 1 unspecified atom stereocenters. The summed E-state index contributed by atoms with van der Waals surface area (Å²) in [6.45, 7) is 0.00332. The number of benzene rings is 1. The molecule has 0 spiro atoms. The van der Waals surface area contributed by atoms with Crippen LogP contribution in [0.15, 0.2) is 16.6 Å². The maximum absolute atomic E-state index is 13.2. The average Bonchev–Trinajstić information content (AvgIpc) is 2.56. The van der Waals surface area contributed by atoms with Crippen molar-refractivity contribution in [3.63, 3.8) is 0 Å². The predicted octanol–water partition coefficient (Wildman–Crippen LogP) is 1.38. The normalized spacial score (nSPS) is 19.4. The number of aliphatic hydroxyl groups excluding tert-OH is 1. The molecule has 1 saturated heterocycles. The van der Waals surface area contributed by atoms with Crippen LogP contribution < -0.4 is 4.90 Å². The number of halogens is 2. The lowest BCUT2D eigenvalue weighted by atomic mass is 10.1. The Labute approximate surface area is 110 Å². The van der Waals surface area contributed by atoms with Crippen molar-refractivity contribution in [2.24, 2.45) is 0 Å². The van der Waals surface area contributed by atoms with Gasteiger partial charge in [0.1, 0.15) is 5.82 Å². The first-order chi connectivity index (χ1) is 8.40. The van der Waals surface area contributed by atoms with E-state index in [9.17, 15) is 19.1 Å². The number of nitrogens with zero attached hydrogens (tertiary/aromatic N) is 1. The summed E-state index contributed by atoms with van der Waals surface area (Å²) in [5.41, 5.74) is -0.241. The highest BCUT2D eigenvalue weighted by Gasteiger charge is 2.33. The van der Waals surface area contributed by atoms with Crippen LogP contribution in [0.1, 0.15) is 16.8 Å². The quantitative estimate of drug-likeness (QED) is 0.864.